The third-order valence-corrected chi connectivity index (χ3v) is 3.39. The van der Waals surface area contributed by atoms with E-state index in [-0.39, 0.29) is 0 Å². The molecule has 0 amide bonds. The lowest BCUT2D eigenvalue weighted by Gasteiger charge is -1.95. The summed E-state index contributed by atoms with van der Waals surface area (Å²) in [5, 5.41) is 5.31. The highest BCUT2D eigenvalue weighted by Crippen LogP contribution is 2.25. The maximum Gasteiger partial charge on any atom is 0.167 e. The van der Waals surface area contributed by atoms with Crippen molar-refractivity contribution in [2.24, 2.45) is 5.10 Å². The highest BCUT2D eigenvalue weighted by molar-refractivity contribution is 7.13. The van der Waals surface area contributed by atoms with Gasteiger partial charge in [-0.2, -0.15) is 9.47 Å². The fraction of sp³-hybridized carbons (Fsp3) is 0. The van der Waals surface area contributed by atoms with Gasteiger partial charge in [-0.3, -0.25) is 5.43 Å². The van der Waals surface area contributed by atoms with Gasteiger partial charge >= 0.3 is 0 Å². The first-order valence-corrected chi connectivity index (χ1v) is 6.39. The second kappa shape index (κ2) is 4.98. The molecule has 0 aliphatic carbocycles. The van der Waals surface area contributed by atoms with Gasteiger partial charge in [0.2, 0.25) is 0 Å². The zero-order valence-corrected chi connectivity index (χ0v) is 10.4. The summed E-state index contributed by atoms with van der Waals surface area (Å²) in [6.45, 7) is 0. The molecule has 3 aromatic rings. The third kappa shape index (κ3) is 2.24. The Balaban J connectivity index is 1.79. The van der Waals surface area contributed by atoms with Gasteiger partial charge < -0.3 is 0 Å². The van der Waals surface area contributed by atoms with Gasteiger partial charge in [-0.1, -0.05) is 42.5 Å². The first-order chi connectivity index (χ1) is 8.93. The molecular formula is C14H11N3S. The molecule has 0 saturated carbocycles. The first-order valence-electron chi connectivity index (χ1n) is 5.62. The van der Waals surface area contributed by atoms with Gasteiger partial charge in [0.1, 0.15) is 0 Å². The van der Waals surface area contributed by atoms with Crippen LogP contribution in [0.25, 0.3) is 10.1 Å². The van der Waals surface area contributed by atoms with Crippen LogP contribution in [-0.2, 0) is 0 Å². The quantitative estimate of drug-likeness (QED) is 0.570. The molecule has 0 unspecified atom stereocenters. The van der Waals surface area contributed by atoms with Crippen LogP contribution in [0.4, 0.5) is 5.82 Å². The van der Waals surface area contributed by atoms with Crippen molar-refractivity contribution in [1.29, 1.82) is 0 Å². The SMILES string of the molecule is C(=NNc1nsc2ccccc12)c1ccccc1. The smallest absolute Gasteiger partial charge is 0.167 e. The summed E-state index contributed by atoms with van der Waals surface area (Å²) < 4.78 is 5.51. The van der Waals surface area contributed by atoms with Crippen molar-refractivity contribution in [3.63, 3.8) is 0 Å². The summed E-state index contributed by atoms with van der Waals surface area (Å²) in [4.78, 5) is 0. The van der Waals surface area contributed by atoms with Gasteiger partial charge in [0.05, 0.1) is 10.9 Å². The Hall–Kier alpha value is -2.20. The largest absolute Gasteiger partial charge is 0.260 e. The summed E-state index contributed by atoms with van der Waals surface area (Å²) in [7, 11) is 0. The molecule has 2 aromatic carbocycles. The number of hydrazone groups is 1. The Morgan fingerprint density at radius 2 is 1.78 bits per heavy atom. The van der Waals surface area contributed by atoms with Gasteiger partial charge in [-0.25, -0.2) is 0 Å². The molecular weight excluding hydrogens is 242 g/mol. The number of nitrogens with zero attached hydrogens (tertiary/aromatic N) is 2. The van der Waals surface area contributed by atoms with Crippen molar-refractivity contribution in [2.45, 2.75) is 0 Å². The van der Waals surface area contributed by atoms with E-state index in [1.165, 1.54) is 11.5 Å². The molecule has 3 rings (SSSR count). The molecule has 1 heterocycles. The molecule has 3 nitrogen and oxygen atoms in total. The second-order valence-corrected chi connectivity index (χ2v) is 4.61. The molecule has 0 bridgehead atoms. The molecule has 0 fully saturated rings. The van der Waals surface area contributed by atoms with Crippen LogP contribution in [0.1, 0.15) is 5.56 Å². The molecule has 0 radical (unpaired) electrons. The van der Waals surface area contributed by atoms with Gasteiger partial charge in [0, 0.05) is 5.39 Å². The average molecular weight is 253 g/mol. The Morgan fingerprint density at radius 1 is 1.00 bits per heavy atom. The Bertz CT molecular complexity index is 674. The van der Waals surface area contributed by atoms with Crippen molar-refractivity contribution in [2.75, 3.05) is 5.43 Å². The lowest BCUT2D eigenvalue weighted by Crippen LogP contribution is -1.90. The molecule has 88 valence electrons. The van der Waals surface area contributed by atoms with Crippen molar-refractivity contribution in [3.05, 3.63) is 60.2 Å². The van der Waals surface area contributed by atoms with Crippen LogP contribution < -0.4 is 5.43 Å². The molecule has 1 N–H and O–H groups in total. The van der Waals surface area contributed by atoms with Crippen LogP contribution in [0.3, 0.4) is 0 Å². The summed E-state index contributed by atoms with van der Waals surface area (Å²) >= 11 is 1.47. The minimum atomic E-state index is 0.808. The zero-order valence-electron chi connectivity index (χ0n) is 9.58. The van der Waals surface area contributed by atoms with Crippen LogP contribution in [0.15, 0.2) is 59.7 Å². The topological polar surface area (TPSA) is 37.3 Å². The number of fused-ring (bicyclic) bond motifs is 1. The van der Waals surface area contributed by atoms with Crippen molar-refractivity contribution >= 4 is 33.7 Å². The normalized spacial score (nSPS) is 11.1. The maximum atomic E-state index is 4.34. The standard InChI is InChI=1S/C14H11N3S/c1-2-6-11(7-3-1)10-15-16-14-12-8-4-5-9-13(12)18-17-14/h1-10H,(H,16,17). The number of benzene rings is 2. The lowest BCUT2D eigenvalue weighted by molar-refractivity contribution is 1.32. The number of rotatable bonds is 3. The van der Waals surface area contributed by atoms with Crippen LogP contribution >= 0.6 is 11.5 Å². The predicted octanol–water partition coefficient (Wildman–Crippen LogP) is 3.74. The van der Waals surface area contributed by atoms with Crippen molar-refractivity contribution < 1.29 is 0 Å². The highest BCUT2D eigenvalue weighted by Gasteiger charge is 2.02. The third-order valence-electron chi connectivity index (χ3n) is 2.56. The van der Waals surface area contributed by atoms with Crippen LogP contribution in [0.5, 0.6) is 0 Å². The van der Waals surface area contributed by atoms with E-state index >= 15 is 0 Å². The molecule has 18 heavy (non-hydrogen) atoms. The monoisotopic (exact) mass is 253 g/mol. The fourth-order valence-corrected chi connectivity index (χ4v) is 2.40. The van der Waals surface area contributed by atoms with Crippen LogP contribution in [0, 0.1) is 0 Å². The minimum absolute atomic E-state index is 0.808. The molecule has 0 spiro atoms. The Morgan fingerprint density at radius 3 is 2.67 bits per heavy atom. The van der Waals surface area contributed by atoms with E-state index in [0.29, 0.717) is 0 Å². The van der Waals surface area contributed by atoms with E-state index in [4.69, 9.17) is 0 Å². The molecule has 1 aromatic heterocycles. The number of hydrogen-bond acceptors (Lipinski definition) is 4. The molecule has 4 heteroatoms. The predicted molar refractivity (Wildman–Crippen MR) is 77.3 cm³/mol. The minimum Gasteiger partial charge on any atom is -0.260 e. The van der Waals surface area contributed by atoms with Gasteiger partial charge in [-0.15, -0.1) is 0 Å². The Labute approximate surface area is 109 Å². The average Bonchev–Trinajstić information content (AvgIpc) is 2.84. The Kier molecular flexibility index (Phi) is 3.02. The zero-order chi connectivity index (χ0) is 12.2. The lowest BCUT2D eigenvalue weighted by atomic mass is 10.2. The van der Waals surface area contributed by atoms with E-state index in [9.17, 15) is 0 Å². The van der Waals surface area contributed by atoms with Gasteiger partial charge in [0.25, 0.3) is 0 Å². The summed E-state index contributed by atoms with van der Waals surface area (Å²) in [6, 6.07) is 18.1. The van der Waals surface area contributed by atoms with Gasteiger partial charge in [-0.05, 0) is 29.2 Å². The summed E-state index contributed by atoms with van der Waals surface area (Å²) in [5.41, 5.74) is 4.04. The van der Waals surface area contributed by atoms with E-state index in [1.807, 2.05) is 48.5 Å². The van der Waals surface area contributed by atoms with E-state index in [2.05, 4.69) is 21.0 Å². The number of aromatic nitrogens is 1. The number of anilines is 1. The van der Waals surface area contributed by atoms with Crippen molar-refractivity contribution in [3.8, 4) is 0 Å². The number of hydrogen-bond donors (Lipinski definition) is 1. The van der Waals surface area contributed by atoms with Gasteiger partial charge in [0.15, 0.2) is 5.82 Å². The van der Waals surface area contributed by atoms with Crippen molar-refractivity contribution in [1.82, 2.24) is 4.37 Å². The maximum absolute atomic E-state index is 4.34. The van der Waals surface area contributed by atoms with E-state index < -0.39 is 0 Å². The molecule has 0 aliphatic rings. The second-order valence-electron chi connectivity index (χ2n) is 3.81. The van der Waals surface area contributed by atoms with E-state index in [1.54, 1.807) is 6.21 Å². The summed E-state index contributed by atoms with van der Waals surface area (Å²) in [5.74, 6) is 0.808. The molecule has 0 saturated heterocycles. The van der Waals surface area contributed by atoms with E-state index in [0.717, 1.165) is 21.5 Å². The van der Waals surface area contributed by atoms with Crippen LogP contribution in [0.2, 0.25) is 0 Å². The molecule has 0 aliphatic heterocycles. The van der Waals surface area contributed by atoms with Crippen LogP contribution in [-0.4, -0.2) is 10.6 Å². The highest BCUT2D eigenvalue weighted by atomic mass is 32.1. The fourth-order valence-electron chi connectivity index (χ4n) is 1.67. The first kappa shape index (κ1) is 10.9. The number of nitrogens with one attached hydrogen (secondary N) is 1. The molecule has 0 atom stereocenters. The summed E-state index contributed by atoms with van der Waals surface area (Å²) in [6.07, 6.45) is 1.79.